The van der Waals surface area contributed by atoms with Crippen LogP contribution in [0.25, 0.3) is 0 Å². The maximum atomic E-state index is 14.2. The molecule has 51 heavy (non-hydrogen) atoms. The van der Waals surface area contributed by atoms with Gasteiger partial charge in [0.05, 0.1) is 13.2 Å². The number of hydrogen-bond donors (Lipinski definition) is 4. The summed E-state index contributed by atoms with van der Waals surface area (Å²) in [6.07, 6.45) is 3.07. The second-order valence-electron chi connectivity index (χ2n) is 13.8. The smallest absolute Gasteiger partial charge is 0.276 e. The van der Waals surface area contributed by atoms with Crippen LogP contribution in [0.5, 0.6) is 0 Å². The number of ether oxygens (including phenoxy) is 1. The van der Waals surface area contributed by atoms with Crippen LogP contribution in [0.1, 0.15) is 84.0 Å². The highest BCUT2D eigenvalue weighted by molar-refractivity contribution is 5.97. The fourth-order valence-corrected chi connectivity index (χ4v) is 6.59. The first-order valence-corrected chi connectivity index (χ1v) is 17.2. The topological polar surface area (TPSA) is 201 Å². The van der Waals surface area contributed by atoms with E-state index in [0.717, 1.165) is 5.56 Å². The summed E-state index contributed by atoms with van der Waals surface area (Å²) in [5.41, 5.74) is 0.723. The molecule has 2 aromatic heterocycles. The molecule has 0 radical (unpaired) electrons. The molecule has 0 aliphatic carbocycles. The van der Waals surface area contributed by atoms with E-state index in [4.69, 9.17) is 13.6 Å². The van der Waals surface area contributed by atoms with E-state index in [1.54, 1.807) is 6.92 Å². The van der Waals surface area contributed by atoms with Gasteiger partial charge in [-0.2, -0.15) is 0 Å². The van der Waals surface area contributed by atoms with Crippen molar-refractivity contribution in [3.05, 3.63) is 71.6 Å². The van der Waals surface area contributed by atoms with Gasteiger partial charge in [0.25, 0.3) is 11.8 Å². The number of amides is 5. The molecule has 0 saturated carbocycles. The predicted octanol–water partition coefficient (Wildman–Crippen LogP) is 1.13. The number of carbonyl (C=O) groups excluding carboxylic acids is 5. The van der Waals surface area contributed by atoms with E-state index < -0.39 is 59.9 Å². The molecule has 16 heteroatoms. The highest BCUT2D eigenvalue weighted by Crippen LogP contribution is 2.26. The number of benzene rings is 1. The minimum absolute atomic E-state index is 0.0258. The zero-order chi connectivity index (χ0) is 36.2. The van der Waals surface area contributed by atoms with Crippen molar-refractivity contribution >= 4 is 29.5 Å². The van der Waals surface area contributed by atoms with Crippen LogP contribution in [0.15, 0.2) is 51.7 Å². The molecule has 2 saturated heterocycles. The maximum absolute atomic E-state index is 14.2. The second-order valence-corrected chi connectivity index (χ2v) is 13.8. The molecule has 2 fully saturated rings. The minimum Gasteiger partial charge on any atom is -0.446 e. The Hall–Kier alpha value is -5.09. The van der Waals surface area contributed by atoms with E-state index in [2.05, 4.69) is 31.2 Å². The number of fused-ring (bicyclic) bond motifs is 5. The SMILES string of the molecule is CC(C)C[C@H]1NC(=O)c2coc(n2)[C@H](Cc2ccccc2)NC(=O)[C@@H]2C[C@H](NC(=O)[C@@H]3COCCN3C)CN2C(=O)c2coc(n2)[C@@H](C)NC1=O. The van der Waals surface area contributed by atoms with E-state index in [-0.39, 0.29) is 61.0 Å². The van der Waals surface area contributed by atoms with E-state index in [1.807, 2.05) is 56.1 Å². The first-order valence-electron chi connectivity index (χ1n) is 17.2. The van der Waals surface area contributed by atoms with Gasteiger partial charge >= 0.3 is 0 Å². The molecular weight excluding hydrogens is 660 g/mol. The van der Waals surface area contributed by atoms with E-state index >= 15 is 0 Å². The third-order valence-corrected chi connectivity index (χ3v) is 9.36. The van der Waals surface area contributed by atoms with Crippen LogP contribution >= 0.6 is 0 Å². The van der Waals surface area contributed by atoms with E-state index in [0.29, 0.717) is 19.6 Å². The lowest BCUT2D eigenvalue weighted by atomic mass is 10.0. The molecule has 5 amide bonds. The van der Waals surface area contributed by atoms with Gasteiger partial charge in [0.1, 0.15) is 42.7 Å². The van der Waals surface area contributed by atoms with E-state index in [1.165, 1.54) is 17.4 Å². The van der Waals surface area contributed by atoms with Crippen molar-refractivity contribution in [3.8, 4) is 0 Å². The molecule has 1 aromatic carbocycles. The summed E-state index contributed by atoms with van der Waals surface area (Å²) in [4.78, 5) is 80.5. The zero-order valence-electron chi connectivity index (χ0n) is 29.1. The van der Waals surface area contributed by atoms with Gasteiger partial charge < -0.3 is 39.7 Å². The van der Waals surface area contributed by atoms with Gasteiger partial charge in [-0.1, -0.05) is 44.2 Å². The van der Waals surface area contributed by atoms with E-state index in [9.17, 15) is 24.0 Å². The summed E-state index contributed by atoms with van der Waals surface area (Å²) < 4.78 is 16.9. The molecule has 0 spiro atoms. The fourth-order valence-electron chi connectivity index (χ4n) is 6.59. The number of likely N-dealkylation sites (N-methyl/N-ethyl adjacent to an activating group) is 1. The number of nitrogens with zero attached hydrogens (tertiary/aromatic N) is 4. The predicted molar refractivity (Wildman–Crippen MR) is 180 cm³/mol. The number of nitrogens with one attached hydrogen (secondary N) is 4. The Morgan fingerprint density at radius 2 is 1.69 bits per heavy atom. The normalized spacial score (nSPS) is 26.5. The Morgan fingerprint density at radius 1 is 0.961 bits per heavy atom. The summed E-state index contributed by atoms with van der Waals surface area (Å²) in [5.74, 6) is -2.26. The van der Waals surface area contributed by atoms with Crippen LogP contribution < -0.4 is 21.3 Å². The van der Waals surface area contributed by atoms with Crippen molar-refractivity contribution in [2.75, 3.05) is 33.4 Å². The molecule has 3 aliphatic heterocycles. The van der Waals surface area contributed by atoms with Crippen LogP contribution in [0.2, 0.25) is 0 Å². The minimum atomic E-state index is -1.02. The van der Waals surface area contributed by atoms with Crippen LogP contribution in [0, 0.1) is 5.92 Å². The van der Waals surface area contributed by atoms with Gasteiger partial charge in [-0.15, -0.1) is 0 Å². The van der Waals surface area contributed by atoms with Crippen molar-refractivity contribution in [2.24, 2.45) is 5.92 Å². The number of rotatable bonds is 6. The fraction of sp³-hybridized carbons (Fsp3) is 0.514. The molecule has 5 heterocycles. The maximum Gasteiger partial charge on any atom is 0.276 e. The van der Waals surface area contributed by atoms with Gasteiger partial charge in [-0.05, 0) is 38.3 Å². The summed E-state index contributed by atoms with van der Waals surface area (Å²) in [6.45, 7) is 6.87. The van der Waals surface area contributed by atoms with Crippen molar-refractivity contribution in [2.45, 2.75) is 76.3 Å². The monoisotopic (exact) mass is 704 g/mol. The Balaban J connectivity index is 1.34. The molecule has 3 aliphatic rings. The average Bonchev–Trinajstić information content (AvgIpc) is 3.88. The summed E-state index contributed by atoms with van der Waals surface area (Å²) >= 11 is 0. The highest BCUT2D eigenvalue weighted by atomic mass is 16.5. The third-order valence-electron chi connectivity index (χ3n) is 9.36. The van der Waals surface area contributed by atoms with Crippen molar-refractivity contribution in [3.63, 3.8) is 0 Å². The number of aromatic nitrogens is 2. The first kappa shape index (κ1) is 35.7. The van der Waals surface area contributed by atoms with Crippen LogP contribution in [0.3, 0.4) is 0 Å². The van der Waals surface area contributed by atoms with Gasteiger partial charge in [0.15, 0.2) is 11.4 Å². The molecular formula is C35H44N8O8. The Bertz CT molecular complexity index is 1740. The lowest BCUT2D eigenvalue weighted by Crippen LogP contribution is -2.54. The largest absolute Gasteiger partial charge is 0.446 e. The molecule has 3 aromatic rings. The van der Waals surface area contributed by atoms with Crippen LogP contribution in [-0.2, 0) is 25.5 Å². The molecule has 6 rings (SSSR count). The van der Waals surface area contributed by atoms with Gasteiger partial charge in [0.2, 0.25) is 29.5 Å². The first-order chi connectivity index (χ1) is 24.5. The summed E-state index contributed by atoms with van der Waals surface area (Å²) in [6, 6.07) is 4.73. The van der Waals surface area contributed by atoms with Crippen molar-refractivity contribution in [1.82, 2.24) is 41.0 Å². The summed E-state index contributed by atoms with van der Waals surface area (Å²) in [7, 11) is 1.84. The Morgan fingerprint density at radius 3 is 2.43 bits per heavy atom. The standard InChI is InChI=1S/C35H44N8O8/c1-19(2)12-23-29(44)36-20(3)33-41-26(17-50-33)35(48)43-15-22(37-32(47)28-18-49-11-10-42(28)4)14-27(43)31(46)39-24(13-21-8-6-5-7-9-21)34-40-25(16-51-34)30(45)38-23/h5-9,16-17,19-20,22-24,27-28H,10-15,18H2,1-4H3,(H,36,44)(H,37,47)(H,38,45)(H,39,46)/t20-,22+,23-,24+,27+,28+/m1/s1. The Labute approximate surface area is 295 Å². The molecule has 4 N–H and O–H groups in total. The molecule has 4 bridgehead atoms. The second kappa shape index (κ2) is 15.4. The lowest BCUT2D eigenvalue weighted by Gasteiger charge is -2.32. The molecule has 0 unspecified atom stereocenters. The molecule has 272 valence electrons. The van der Waals surface area contributed by atoms with Crippen LogP contribution in [-0.4, -0.2) is 107 Å². The number of morpholine rings is 1. The molecule has 16 nitrogen and oxygen atoms in total. The number of carbonyl (C=O) groups is 5. The van der Waals surface area contributed by atoms with Crippen LogP contribution in [0.4, 0.5) is 0 Å². The quantitative estimate of drug-likeness (QED) is 0.287. The lowest BCUT2D eigenvalue weighted by molar-refractivity contribution is -0.132. The Kier molecular flexibility index (Phi) is 10.8. The number of oxazole rings is 2. The summed E-state index contributed by atoms with van der Waals surface area (Å²) in [5, 5.41) is 11.6. The van der Waals surface area contributed by atoms with Crippen molar-refractivity contribution in [1.29, 1.82) is 0 Å². The van der Waals surface area contributed by atoms with Gasteiger partial charge in [0, 0.05) is 25.6 Å². The third kappa shape index (κ3) is 8.28. The highest BCUT2D eigenvalue weighted by Gasteiger charge is 2.43. The molecule has 6 atom stereocenters. The number of hydrogen-bond acceptors (Lipinski definition) is 11. The van der Waals surface area contributed by atoms with Gasteiger partial charge in [-0.3, -0.25) is 28.9 Å². The van der Waals surface area contributed by atoms with Gasteiger partial charge in [-0.25, -0.2) is 9.97 Å². The van der Waals surface area contributed by atoms with Crippen molar-refractivity contribution < 1.29 is 37.5 Å². The zero-order valence-corrected chi connectivity index (χ0v) is 29.1. The average molecular weight is 705 g/mol.